The number of aromatic hydroxyl groups is 1. The number of nitrogens with zero attached hydrogens (tertiary/aromatic N) is 3. The molecule has 25 heavy (non-hydrogen) atoms. The Kier molecular flexibility index (Phi) is 5.23. The van der Waals surface area contributed by atoms with E-state index in [9.17, 15) is 9.90 Å². The Morgan fingerprint density at radius 1 is 1.40 bits per heavy atom. The fourth-order valence-corrected chi connectivity index (χ4v) is 2.86. The lowest BCUT2D eigenvalue weighted by atomic mass is 10.2. The van der Waals surface area contributed by atoms with E-state index in [1.54, 1.807) is 12.1 Å². The summed E-state index contributed by atoms with van der Waals surface area (Å²) in [6.45, 7) is 2.03. The number of hydrogen-bond acceptors (Lipinski definition) is 6. The molecule has 0 radical (unpaired) electrons. The minimum absolute atomic E-state index is 0.0478. The number of anilines is 1. The van der Waals surface area contributed by atoms with Crippen LogP contribution in [-0.4, -0.2) is 41.2 Å². The van der Waals surface area contributed by atoms with Crippen molar-refractivity contribution in [1.82, 2.24) is 15.3 Å². The molecule has 0 atom stereocenters. The van der Waals surface area contributed by atoms with Gasteiger partial charge in [-0.05, 0) is 30.5 Å². The zero-order valence-electron chi connectivity index (χ0n) is 13.8. The zero-order valence-corrected chi connectivity index (χ0v) is 14.6. The van der Waals surface area contributed by atoms with Crippen LogP contribution in [0.4, 0.5) is 5.95 Å². The quantitative estimate of drug-likeness (QED) is 0.849. The number of benzene rings is 1. The van der Waals surface area contributed by atoms with Crippen molar-refractivity contribution in [2.24, 2.45) is 0 Å². The molecule has 8 heteroatoms. The minimum Gasteiger partial charge on any atom is -0.504 e. The molecule has 1 amide bonds. The first-order valence-corrected chi connectivity index (χ1v) is 8.38. The maximum absolute atomic E-state index is 12.4. The van der Waals surface area contributed by atoms with Crippen molar-refractivity contribution in [2.45, 2.75) is 19.4 Å². The van der Waals surface area contributed by atoms with Crippen LogP contribution >= 0.6 is 11.6 Å². The van der Waals surface area contributed by atoms with Crippen molar-refractivity contribution in [3.8, 4) is 11.5 Å². The van der Waals surface area contributed by atoms with Gasteiger partial charge in [-0.25, -0.2) is 9.97 Å². The minimum atomic E-state index is -0.375. The fraction of sp³-hybridized carbons (Fsp3) is 0.353. The molecule has 1 aliphatic heterocycles. The number of phenolic OH excluding ortho intramolecular Hbond substituents is 1. The second-order valence-corrected chi connectivity index (χ2v) is 6.16. The van der Waals surface area contributed by atoms with Crippen LogP contribution in [0.15, 0.2) is 24.4 Å². The number of ether oxygens (including phenoxy) is 1. The molecule has 0 saturated carbocycles. The van der Waals surface area contributed by atoms with Gasteiger partial charge in [-0.15, -0.1) is 0 Å². The van der Waals surface area contributed by atoms with Gasteiger partial charge in [-0.3, -0.25) is 4.79 Å². The van der Waals surface area contributed by atoms with Crippen molar-refractivity contribution < 1.29 is 14.6 Å². The Bertz CT molecular complexity index is 778. The summed E-state index contributed by atoms with van der Waals surface area (Å²) in [4.78, 5) is 23.0. The van der Waals surface area contributed by atoms with Crippen LogP contribution in [0.5, 0.6) is 11.5 Å². The topological polar surface area (TPSA) is 87.6 Å². The molecule has 1 fully saturated rings. The Morgan fingerprint density at radius 3 is 2.88 bits per heavy atom. The highest BCUT2D eigenvalue weighted by Gasteiger charge is 2.19. The number of aromatic nitrogens is 2. The highest BCUT2D eigenvalue weighted by molar-refractivity contribution is 6.33. The lowest BCUT2D eigenvalue weighted by Gasteiger charge is -2.16. The molecular weight excluding hydrogens is 344 g/mol. The smallest absolute Gasteiger partial charge is 0.271 e. The van der Waals surface area contributed by atoms with Gasteiger partial charge < -0.3 is 20.1 Å². The Hall–Kier alpha value is -2.54. The molecule has 1 saturated heterocycles. The number of nitrogens with one attached hydrogen (secondary N) is 1. The molecule has 2 N–H and O–H groups in total. The molecule has 1 aromatic carbocycles. The molecule has 0 unspecified atom stereocenters. The summed E-state index contributed by atoms with van der Waals surface area (Å²) in [6.07, 6.45) is 3.65. The van der Waals surface area contributed by atoms with Gasteiger partial charge in [0.2, 0.25) is 5.95 Å². The highest BCUT2D eigenvalue weighted by atomic mass is 35.5. The van der Waals surface area contributed by atoms with E-state index in [-0.39, 0.29) is 28.9 Å². The first kappa shape index (κ1) is 17.3. The highest BCUT2D eigenvalue weighted by Crippen LogP contribution is 2.26. The van der Waals surface area contributed by atoms with Gasteiger partial charge >= 0.3 is 0 Å². The van der Waals surface area contributed by atoms with Gasteiger partial charge in [-0.2, -0.15) is 0 Å². The van der Waals surface area contributed by atoms with Crippen molar-refractivity contribution >= 4 is 23.5 Å². The molecule has 0 spiro atoms. The van der Waals surface area contributed by atoms with Gasteiger partial charge in [0, 0.05) is 19.6 Å². The van der Waals surface area contributed by atoms with Gasteiger partial charge in [0.15, 0.2) is 17.2 Å². The average molecular weight is 363 g/mol. The maximum atomic E-state index is 12.4. The third kappa shape index (κ3) is 3.93. The van der Waals surface area contributed by atoms with E-state index in [4.69, 9.17) is 16.3 Å². The summed E-state index contributed by atoms with van der Waals surface area (Å²) in [5, 5.41) is 12.6. The maximum Gasteiger partial charge on any atom is 0.271 e. The largest absolute Gasteiger partial charge is 0.504 e. The molecular formula is C17H19ClN4O3. The van der Waals surface area contributed by atoms with Gasteiger partial charge in [0.25, 0.3) is 5.91 Å². The van der Waals surface area contributed by atoms with E-state index in [0.717, 1.165) is 31.5 Å². The van der Waals surface area contributed by atoms with E-state index < -0.39 is 0 Å². The van der Waals surface area contributed by atoms with Crippen LogP contribution < -0.4 is 15.0 Å². The summed E-state index contributed by atoms with van der Waals surface area (Å²) < 4.78 is 5.06. The van der Waals surface area contributed by atoms with Gasteiger partial charge in [-0.1, -0.05) is 17.7 Å². The number of carbonyl (C=O) groups excluding carboxylic acids is 1. The summed E-state index contributed by atoms with van der Waals surface area (Å²) in [5.74, 6) is 0.549. The molecule has 7 nitrogen and oxygen atoms in total. The number of amides is 1. The number of phenols is 1. The summed E-state index contributed by atoms with van der Waals surface area (Å²) >= 11 is 6.09. The third-order valence-corrected chi connectivity index (χ3v) is 4.31. The summed E-state index contributed by atoms with van der Waals surface area (Å²) in [5.41, 5.74) is 0.942. The Labute approximate surface area is 150 Å². The van der Waals surface area contributed by atoms with Crippen molar-refractivity contribution in [2.75, 3.05) is 25.1 Å². The van der Waals surface area contributed by atoms with Gasteiger partial charge in [0.1, 0.15) is 0 Å². The zero-order chi connectivity index (χ0) is 17.8. The average Bonchev–Trinajstić information content (AvgIpc) is 3.15. The van der Waals surface area contributed by atoms with E-state index >= 15 is 0 Å². The van der Waals surface area contributed by atoms with Crippen LogP contribution in [0.25, 0.3) is 0 Å². The number of rotatable bonds is 5. The predicted octanol–water partition coefficient (Wildman–Crippen LogP) is 2.37. The summed E-state index contributed by atoms with van der Waals surface area (Å²) in [7, 11) is 1.47. The molecule has 1 aromatic heterocycles. The Balaban J connectivity index is 1.71. The van der Waals surface area contributed by atoms with E-state index in [2.05, 4.69) is 15.3 Å². The molecule has 2 heterocycles. The lowest BCUT2D eigenvalue weighted by Crippen LogP contribution is -2.26. The number of halogens is 1. The lowest BCUT2D eigenvalue weighted by molar-refractivity contribution is 0.0946. The number of methoxy groups -OCH3 is 1. The van der Waals surface area contributed by atoms with Gasteiger partial charge in [0.05, 0.1) is 18.3 Å². The van der Waals surface area contributed by atoms with Crippen LogP contribution in [0.3, 0.4) is 0 Å². The molecule has 2 aromatic rings. The first-order valence-electron chi connectivity index (χ1n) is 8.00. The SMILES string of the molecule is COc1cc(CNC(=O)c2nc(N3CCCC3)ncc2Cl)ccc1O. The standard InChI is InChI=1S/C17H19ClN4O3/c1-25-14-8-11(4-5-13(14)23)9-19-16(24)15-12(18)10-20-17(21-15)22-6-2-3-7-22/h4-5,8,10,23H,2-3,6-7,9H2,1H3,(H,19,24). The molecule has 1 aliphatic rings. The van der Waals surface area contributed by atoms with Crippen LogP contribution in [0.2, 0.25) is 5.02 Å². The van der Waals surface area contributed by atoms with Crippen molar-refractivity contribution in [3.63, 3.8) is 0 Å². The van der Waals surface area contributed by atoms with Crippen LogP contribution in [-0.2, 0) is 6.54 Å². The van der Waals surface area contributed by atoms with E-state index in [0.29, 0.717) is 11.7 Å². The monoisotopic (exact) mass is 362 g/mol. The van der Waals surface area contributed by atoms with E-state index in [1.165, 1.54) is 19.4 Å². The van der Waals surface area contributed by atoms with E-state index in [1.807, 2.05) is 4.90 Å². The second-order valence-electron chi connectivity index (χ2n) is 5.75. The fourth-order valence-electron chi connectivity index (χ4n) is 2.68. The second kappa shape index (κ2) is 7.57. The predicted molar refractivity (Wildman–Crippen MR) is 94.3 cm³/mol. The normalized spacial score (nSPS) is 13.8. The van der Waals surface area contributed by atoms with Crippen molar-refractivity contribution in [1.29, 1.82) is 0 Å². The molecule has 3 rings (SSSR count). The Morgan fingerprint density at radius 2 is 2.16 bits per heavy atom. The van der Waals surface area contributed by atoms with Crippen LogP contribution in [0, 0.1) is 0 Å². The molecule has 132 valence electrons. The summed E-state index contributed by atoms with van der Waals surface area (Å²) in [6, 6.07) is 4.88. The number of hydrogen-bond donors (Lipinski definition) is 2. The first-order chi connectivity index (χ1) is 12.1. The third-order valence-electron chi connectivity index (χ3n) is 4.03. The van der Waals surface area contributed by atoms with Crippen LogP contribution in [0.1, 0.15) is 28.9 Å². The van der Waals surface area contributed by atoms with Crippen molar-refractivity contribution in [3.05, 3.63) is 40.7 Å². The number of carbonyl (C=O) groups is 1. The molecule has 0 bridgehead atoms. The molecule has 0 aliphatic carbocycles.